The molecule has 1 fully saturated rings. The summed E-state index contributed by atoms with van der Waals surface area (Å²) in [6.07, 6.45) is 1.17. The predicted molar refractivity (Wildman–Crippen MR) is 90.9 cm³/mol. The van der Waals surface area contributed by atoms with Crippen LogP contribution in [-0.2, 0) is 0 Å². The highest BCUT2D eigenvalue weighted by Gasteiger charge is 2.27. The standard InChI is InChI=1S/C15H22ClN3S/c1-3-18(4-2)12-7-8-19(10-12)14-9-11(16)5-6-13(14)15(17)20/h5-6,9,12H,3-4,7-8,10H2,1-2H3,(H2,17,20). The molecule has 110 valence electrons. The molecule has 1 aliphatic rings. The van der Waals surface area contributed by atoms with Gasteiger partial charge in [0.05, 0.1) is 0 Å². The average Bonchev–Trinajstić information content (AvgIpc) is 2.89. The first-order valence-corrected chi connectivity index (χ1v) is 7.93. The van der Waals surface area contributed by atoms with Gasteiger partial charge in [0.2, 0.25) is 0 Å². The Bertz CT molecular complexity index is 488. The van der Waals surface area contributed by atoms with E-state index in [1.807, 2.05) is 18.2 Å². The van der Waals surface area contributed by atoms with Gasteiger partial charge in [-0.3, -0.25) is 4.90 Å². The molecule has 0 aliphatic carbocycles. The van der Waals surface area contributed by atoms with Crippen molar-refractivity contribution in [2.75, 3.05) is 31.1 Å². The molecule has 0 bridgehead atoms. The van der Waals surface area contributed by atoms with Crippen molar-refractivity contribution < 1.29 is 0 Å². The lowest BCUT2D eigenvalue weighted by Crippen LogP contribution is -2.37. The van der Waals surface area contributed by atoms with E-state index in [9.17, 15) is 0 Å². The quantitative estimate of drug-likeness (QED) is 0.848. The second kappa shape index (κ2) is 6.74. The summed E-state index contributed by atoms with van der Waals surface area (Å²) in [7, 11) is 0. The molecule has 0 radical (unpaired) electrons. The van der Waals surface area contributed by atoms with E-state index in [0.29, 0.717) is 11.0 Å². The van der Waals surface area contributed by atoms with Crippen LogP contribution in [0.25, 0.3) is 0 Å². The fraction of sp³-hybridized carbons (Fsp3) is 0.533. The molecule has 1 aromatic carbocycles. The Morgan fingerprint density at radius 1 is 1.45 bits per heavy atom. The molecule has 1 aliphatic heterocycles. The van der Waals surface area contributed by atoms with Gasteiger partial charge in [-0.15, -0.1) is 0 Å². The molecule has 1 atom stereocenters. The molecule has 3 nitrogen and oxygen atoms in total. The zero-order valence-electron chi connectivity index (χ0n) is 12.1. The summed E-state index contributed by atoms with van der Waals surface area (Å²) in [6, 6.07) is 6.34. The molecule has 1 heterocycles. The molecule has 0 saturated carbocycles. The number of benzene rings is 1. The van der Waals surface area contributed by atoms with E-state index in [1.165, 1.54) is 6.42 Å². The molecule has 0 spiro atoms. The third kappa shape index (κ3) is 3.25. The van der Waals surface area contributed by atoms with Gasteiger partial charge in [0, 0.05) is 35.4 Å². The minimum atomic E-state index is 0.433. The van der Waals surface area contributed by atoms with Gasteiger partial charge in [-0.2, -0.15) is 0 Å². The maximum Gasteiger partial charge on any atom is 0.106 e. The number of rotatable bonds is 5. The summed E-state index contributed by atoms with van der Waals surface area (Å²) in [4.78, 5) is 5.29. The lowest BCUT2D eigenvalue weighted by atomic mass is 10.1. The van der Waals surface area contributed by atoms with E-state index in [-0.39, 0.29) is 0 Å². The molecular formula is C15H22ClN3S. The number of likely N-dealkylation sites (N-methyl/N-ethyl adjacent to an activating group) is 1. The van der Waals surface area contributed by atoms with Gasteiger partial charge in [-0.25, -0.2) is 0 Å². The minimum absolute atomic E-state index is 0.433. The molecule has 1 unspecified atom stereocenters. The fourth-order valence-electron chi connectivity index (χ4n) is 2.97. The Morgan fingerprint density at radius 2 is 2.15 bits per heavy atom. The van der Waals surface area contributed by atoms with E-state index < -0.39 is 0 Å². The molecule has 2 rings (SSSR count). The Morgan fingerprint density at radius 3 is 2.75 bits per heavy atom. The van der Waals surface area contributed by atoms with Crippen LogP contribution in [0.4, 0.5) is 5.69 Å². The number of halogens is 1. The van der Waals surface area contributed by atoms with Gasteiger partial charge in [0.25, 0.3) is 0 Å². The highest BCUT2D eigenvalue weighted by molar-refractivity contribution is 7.80. The van der Waals surface area contributed by atoms with Gasteiger partial charge in [-0.05, 0) is 37.7 Å². The maximum atomic E-state index is 6.13. The average molecular weight is 312 g/mol. The highest BCUT2D eigenvalue weighted by Crippen LogP contribution is 2.29. The van der Waals surface area contributed by atoms with Crippen LogP contribution < -0.4 is 10.6 Å². The van der Waals surface area contributed by atoms with Crippen molar-refractivity contribution in [1.82, 2.24) is 4.90 Å². The number of nitrogens with zero attached hydrogens (tertiary/aromatic N) is 2. The van der Waals surface area contributed by atoms with Crippen LogP contribution in [0.3, 0.4) is 0 Å². The van der Waals surface area contributed by atoms with Gasteiger partial charge < -0.3 is 10.6 Å². The summed E-state index contributed by atoms with van der Waals surface area (Å²) < 4.78 is 0. The molecule has 0 aromatic heterocycles. The smallest absolute Gasteiger partial charge is 0.106 e. The van der Waals surface area contributed by atoms with Crippen molar-refractivity contribution >= 4 is 34.5 Å². The SMILES string of the molecule is CCN(CC)C1CCN(c2cc(Cl)ccc2C(N)=S)C1. The Balaban J connectivity index is 2.21. The number of hydrogen-bond donors (Lipinski definition) is 1. The lowest BCUT2D eigenvalue weighted by molar-refractivity contribution is 0.232. The highest BCUT2D eigenvalue weighted by atomic mass is 35.5. The molecule has 20 heavy (non-hydrogen) atoms. The minimum Gasteiger partial charge on any atom is -0.389 e. The van der Waals surface area contributed by atoms with Crippen LogP contribution in [0.2, 0.25) is 5.02 Å². The van der Waals surface area contributed by atoms with E-state index in [0.717, 1.165) is 42.5 Å². The number of anilines is 1. The molecule has 5 heteroatoms. The molecular weight excluding hydrogens is 290 g/mol. The van der Waals surface area contributed by atoms with Crippen LogP contribution in [0.1, 0.15) is 25.8 Å². The third-order valence-corrected chi connectivity index (χ3v) is 4.51. The van der Waals surface area contributed by atoms with Crippen molar-refractivity contribution in [3.8, 4) is 0 Å². The van der Waals surface area contributed by atoms with Gasteiger partial charge in [0.15, 0.2) is 0 Å². The van der Waals surface area contributed by atoms with Crippen molar-refractivity contribution in [3.63, 3.8) is 0 Å². The fourth-order valence-corrected chi connectivity index (χ4v) is 3.31. The maximum absolute atomic E-state index is 6.13. The van der Waals surface area contributed by atoms with Crippen LogP contribution in [0.15, 0.2) is 18.2 Å². The number of nitrogens with two attached hydrogens (primary N) is 1. The van der Waals surface area contributed by atoms with Crippen LogP contribution in [0, 0.1) is 0 Å². The molecule has 1 saturated heterocycles. The van der Waals surface area contributed by atoms with Crippen molar-refractivity contribution in [2.45, 2.75) is 26.3 Å². The Kier molecular flexibility index (Phi) is 5.24. The third-order valence-electron chi connectivity index (χ3n) is 4.06. The number of thiocarbonyl (C=S) groups is 1. The normalized spacial score (nSPS) is 18.8. The summed E-state index contributed by atoms with van der Waals surface area (Å²) >= 11 is 11.3. The predicted octanol–water partition coefficient (Wildman–Crippen LogP) is 2.89. The zero-order chi connectivity index (χ0) is 14.7. The monoisotopic (exact) mass is 311 g/mol. The van der Waals surface area contributed by atoms with E-state index >= 15 is 0 Å². The van der Waals surface area contributed by atoms with Crippen molar-refractivity contribution in [1.29, 1.82) is 0 Å². The molecule has 1 aromatic rings. The first kappa shape index (κ1) is 15.5. The van der Waals surface area contributed by atoms with Crippen molar-refractivity contribution in [2.24, 2.45) is 5.73 Å². The van der Waals surface area contributed by atoms with Crippen LogP contribution >= 0.6 is 23.8 Å². The zero-order valence-corrected chi connectivity index (χ0v) is 13.7. The lowest BCUT2D eigenvalue weighted by Gasteiger charge is -2.27. The number of hydrogen-bond acceptors (Lipinski definition) is 3. The Labute approximate surface area is 131 Å². The Hall–Kier alpha value is -0.840. The topological polar surface area (TPSA) is 32.5 Å². The van der Waals surface area contributed by atoms with Crippen molar-refractivity contribution in [3.05, 3.63) is 28.8 Å². The van der Waals surface area contributed by atoms with Crippen LogP contribution in [0.5, 0.6) is 0 Å². The van der Waals surface area contributed by atoms with Gasteiger partial charge >= 0.3 is 0 Å². The summed E-state index contributed by atoms with van der Waals surface area (Å²) in [5.74, 6) is 0. The van der Waals surface area contributed by atoms with Gasteiger partial charge in [-0.1, -0.05) is 37.7 Å². The van der Waals surface area contributed by atoms with E-state index in [2.05, 4.69) is 23.6 Å². The first-order chi connectivity index (χ1) is 9.56. The first-order valence-electron chi connectivity index (χ1n) is 7.15. The largest absolute Gasteiger partial charge is 0.389 e. The van der Waals surface area contributed by atoms with E-state index in [4.69, 9.17) is 29.6 Å². The van der Waals surface area contributed by atoms with Gasteiger partial charge in [0.1, 0.15) is 4.99 Å². The van der Waals surface area contributed by atoms with E-state index in [1.54, 1.807) is 0 Å². The molecule has 0 amide bonds. The summed E-state index contributed by atoms with van der Waals surface area (Å²) in [5.41, 5.74) is 7.82. The summed E-state index contributed by atoms with van der Waals surface area (Å²) in [6.45, 7) is 8.64. The summed E-state index contributed by atoms with van der Waals surface area (Å²) in [5, 5.41) is 0.728. The van der Waals surface area contributed by atoms with Crippen LogP contribution in [-0.4, -0.2) is 42.1 Å². The molecule has 2 N–H and O–H groups in total. The second-order valence-electron chi connectivity index (χ2n) is 5.14. The second-order valence-corrected chi connectivity index (χ2v) is 6.01.